The van der Waals surface area contributed by atoms with Crippen LogP contribution in [0.1, 0.15) is 36.7 Å². The number of carbonyl (C=O) groups excluding carboxylic acids is 1. The lowest BCUT2D eigenvalue weighted by atomic mass is 9.99. The largest absolute Gasteiger partial charge is 0.342 e. The second-order valence-electron chi connectivity index (χ2n) is 8.09. The lowest BCUT2D eigenvalue weighted by Crippen LogP contribution is -2.38. The maximum absolute atomic E-state index is 12.7. The molecule has 6 heteroatoms. The van der Waals surface area contributed by atoms with Crippen molar-refractivity contribution >= 4 is 17.7 Å². The number of likely N-dealkylation sites (tertiary alicyclic amines) is 1. The highest BCUT2D eigenvalue weighted by Crippen LogP contribution is 2.25. The predicted octanol–water partition coefficient (Wildman–Crippen LogP) is 4.52. The summed E-state index contributed by atoms with van der Waals surface area (Å²) in [4.78, 5) is 14.7. The van der Waals surface area contributed by atoms with Crippen LogP contribution < -0.4 is 0 Å². The van der Waals surface area contributed by atoms with Crippen LogP contribution in [0, 0.1) is 12.8 Å². The Labute approximate surface area is 182 Å². The van der Waals surface area contributed by atoms with E-state index in [1.165, 1.54) is 22.9 Å². The SMILES string of the molecule is Cc1cccc(-n2c(Cc3ccccc3)nnc2SCC(=O)N2CCC(C)CC2)c1. The average molecular weight is 421 g/mol. The van der Waals surface area contributed by atoms with Crippen molar-refractivity contribution in [3.8, 4) is 5.69 Å². The molecule has 0 radical (unpaired) electrons. The minimum absolute atomic E-state index is 0.190. The standard InChI is InChI=1S/C24H28N4OS/c1-18-11-13-27(14-12-18)23(29)17-30-24-26-25-22(16-20-8-4-3-5-9-20)28(24)21-10-6-7-19(2)15-21/h3-10,15,18H,11-14,16-17H2,1-2H3. The molecule has 1 amide bonds. The van der Waals surface area contributed by atoms with Crippen molar-refractivity contribution in [1.29, 1.82) is 0 Å². The molecule has 30 heavy (non-hydrogen) atoms. The first-order chi connectivity index (χ1) is 14.6. The summed E-state index contributed by atoms with van der Waals surface area (Å²) < 4.78 is 2.09. The van der Waals surface area contributed by atoms with Gasteiger partial charge in [-0.1, -0.05) is 61.2 Å². The smallest absolute Gasteiger partial charge is 0.233 e. The van der Waals surface area contributed by atoms with Crippen LogP contribution in [0.5, 0.6) is 0 Å². The van der Waals surface area contributed by atoms with E-state index in [4.69, 9.17) is 0 Å². The molecular formula is C24H28N4OS. The van der Waals surface area contributed by atoms with E-state index in [-0.39, 0.29) is 5.91 Å². The number of carbonyl (C=O) groups is 1. The number of aryl methyl sites for hydroxylation is 1. The normalized spacial score (nSPS) is 14.8. The lowest BCUT2D eigenvalue weighted by Gasteiger charge is -2.30. The fourth-order valence-electron chi connectivity index (χ4n) is 3.79. The van der Waals surface area contributed by atoms with E-state index < -0.39 is 0 Å². The summed E-state index contributed by atoms with van der Waals surface area (Å²) in [6.45, 7) is 6.07. The van der Waals surface area contributed by atoms with Crippen molar-refractivity contribution in [3.05, 3.63) is 71.5 Å². The van der Waals surface area contributed by atoms with Crippen molar-refractivity contribution in [2.24, 2.45) is 5.92 Å². The number of nitrogens with zero attached hydrogens (tertiary/aromatic N) is 4. The maximum Gasteiger partial charge on any atom is 0.233 e. The number of amides is 1. The average Bonchev–Trinajstić information content (AvgIpc) is 3.15. The van der Waals surface area contributed by atoms with Crippen LogP contribution in [0.2, 0.25) is 0 Å². The van der Waals surface area contributed by atoms with Crippen molar-refractivity contribution in [1.82, 2.24) is 19.7 Å². The van der Waals surface area contributed by atoms with Gasteiger partial charge < -0.3 is 4.90 Å². The van der Waals surface area contributed by atoms with Gasteiger partial charge in [0.15, 0.2) is 5.16 Å². The van der Waals surface area contributed by atoms with E-state index >= 15 is 0 Å². The Kier molecular flexibility index (Phi) is 6.53. The molecule has 1 saturated heterocycles. The molecule has 0 unspecified atom stereocenters. The number of rotatable bonds is 6. The second kappa shape index (κ2) is 9.47. The molecule has 0 atom stereocenters. The summed E-state index contributed by atoms with van der Waals surface area (Å²) in [6.07, 6.45) is 2.88. The number of benzene rings is 2. The highest BCUT2D eigenvalue weighted by atomic mass is 32.2. The number of piperidine rings is 1. The van der Waals surface area contributed by atoms with E-state index in [2.05, 4.69) is 58.9 Å². The van der Waals surface area contributed by atoms with E-state index in [9.17, 15) is 4.79 Å². The number of thioether (sulfide) groups is 1. The molecule has 4 rings (SSSR count). The molecule has 2 heterocycles. The minimum Gasteiger partial charge on any atom is -0.342 e. The van der Waals surface area contributed by atoms with Crippen molar-refractivity contribution in [2.45, 2.75) is 38.3 Å². The van der Waals surface area contributed by atoms with E-state index in [1.807, 2.05) is 29.2 Å². The zero-order valence-corrected chi connectivity index (χ0v) is 18.4. The molecule has 3 aromatic rings. The van der Waals surface area contributed by atoms with Gasteiger partial charge in [0.25, 0.3) is 0 Å². The third-order valence-electron chi connectivity index (χ3n) is 5.63. The molecule has 1 fully saturated rings. The summed E-state index contributed by atoms with van der Waals surface area (Å²) in [6, 6.07) is 18.6. The van der Waals surface area contributed by atoms with Crippen LogP contribution in [0.4, 0.5) is 0 Å². The van der Waals surface area contributed by atoms with Gasteiger partial charge in [-0.3, -0.25) is 9.36 Å². The Bertz CT molecular complexity index is 993. The topological polar surface area (TPSA) is 51.0 Å². The number of hydrogen-bond donors (Lipinski definition) is 0. The third-order valence-corrected chi connectivity index (χ3v) is 6.54. The van der Waals surface area contributed by atoms with Gasteiger partial charge >= 0.3 is 0 Å². The fourth-order valence-corrected chi connectivity index (χ4v) is 4.66. The van der Waals surface area contributed by atoms with Gasteiger partial charge in [0.05, 0.1) is 5.75 Å². The first-order valence-electron chi connectivity index (χ1n) is 10.6. The summed E-state index contributed by atoms with van der Waals surface area (Å²) >= 11 is 1.48. The van der Waals surface area contributed by atoms with Crippen molar-refractivity contribution < 1.29 is 4.79 Å². The monoisotopic (exact) mass is 420 g/mol. The van der Waals surface area contributed by atoms with E-state index in [0.29, 0.717) is 18.1 Å². The Hall–Kier alpha value is -2.60. The summed E-state index contributed by atoms with van der Waals surface area (Å²) in [7, 11) is 0. The predicted molar refractivity (Wildman–Crippen MR) is 121 cm³/mol. The van der Waals surface area contributed by atoms with Gasteiger partial charge in [-0.15, -0.1) is 10.2 Å². The lowest BCUT2D eigenvalue weighted by molar-refractivity contribution is -0.129. The summed E-state index contributed by atoms with van der Waals surface area (Å²) in [5, 5.41) is 9.71. The van der Waals surface area contributed by atoms with Gasteiger partial charge in [0.2, 0.25) is 5.91 Å². The first-order valence-corrected chi connectivity index (χ1v) is 11.5. The first kappa shape index (κ1) is 20.7. The quantitative estimate of drug-likeness (QED) is 0.550. The maximum atomic E-state index is 12.7. The zero-order valence-electron chi connectivity index (χ0n) is 17.6. The highest BCUT2D eigenvalue weighted by molar-refractivity contribution is 7.99. The molecule has 0 spiro atoms. The number of hydrogen-bond acceptors (Lipinski definition) is 4. The van der Waals surface area contributed by atoms with Gasteiger partial charge in [-0.25, -0.2) is 0 Å². The highest BCUT2D eigenvalue weighted by Gasteiger charge is 2.22. The fraction of sp³-hybridized carbons (Fsp3) is 0.375. The Morgan fingerprint density at radius 2 is 1.83 bits per heavy atom. The molecule has 0 bridgehead atoms. The van der Waals surface area contributed by atoms with Crippen LogP contribution in [0.15, 0.2) is 59.8 Å². The van der Waals surface area contributed by atoms with Gasteiger partial charge in [-0.05, 0) is 48.9 Å². The zero-order chi connectivity index (χ0) is 20.9. The van der Waals surface area contributed by atoms with Crippen molar-refractivity contribution in [3.63, 3.8) is 0 Å². The molecule has 0 N–H and O–H groups in total. The van der Waals surface area contributed by atoms with Crippen LogP contribution in [0.3, 0.4) is 0 Å². The van der Waals surface area contributed by atoms with Gasteiger partial charge in [-0.2, -0.15) is 0 Å². The Morgan fingerprint density at radius 1 is 1.07 bits per heavy atom. The van der Waals surface area contributed by atoms with E-state index in [1.54, 1.807) is 0 Å². The van der Waals surface area contributed by atoms with Gasteiger partial charge in [0, 0.05) is 25.2 Å². The Balaban J connectivity index is 1.55. The summed E-state index contributed by atoms with van der Waals surface area (Å²) in [5.41, 5.74) is 3.41. The van der Waals surface area contributed by atoms with Crippen LogP contribution >= 0.6 is 11.8 Å². The molecule has 156 valence electrons. The molecule has 0 aliphatic carbocycles. The summed E-state index contributed by atoms with van der Waals surface area (Å²) in [5.74, 6) is 2.18. The van der Waals surface area contributed by atoms with Crippen LogP contribution in [-0.4, -0.2) is 44.4 Å². The minimum atomic E-state index is 0.190. The van der Waals surface area contributed by atoms with Gasteiger partial charge in [0.1, 0.15) is 5.82 Å². The Morgan fingerprint density at radius 3 is 2.57 bits per heavy atom. The van der Waals surface area contributed by atoms with Crippen LogP contribution in [-0.2, 0) is 11.2 Å². The van der Waals surface area contributed by atoms with E-state index in [0.717, 1.165) is 42.6 Å². The molecular weight excluding hydrogens is 392 g/mol. The number of aromatic nitrogens is 3. The second-order valence-corrected chi connectivity index (χ2v) is 9.03. The molecule has 1 aliphatic rings. The molecule has 2 aromatic carbocycles. The van der Waals surface area contributed by atoms with Crippen LogP contribution in [0.25, 0.3) is 5.69 Å². The molecule has 5 nitrogen and oxygen atoms in total. The molecule has 1 aliphatic heterocycles. The van der Waals surface area contributed by atoms with Crippen molar-refractivity contribution in [2.75, 3.05) is 18.8 Å². The molecule has 1 aromatic heterocycles. The molecule has 0 saturated carbocycles. The third kappa shape index (κ3) is 4.93.